The molecule has 0 aliphatic carbocycles. The number of anilines is 9. The van der Waals surface area contributed by atoms with Crippen molar-refractivity contribution in [2.45, 2.75) is 0 Å². The van der Waals surface area contributed by atoms with Crippen molar-refractivity contribution in [1.82, 2.24) is 0 Å². The van der Waals surface area contributed by atoms with Gasteiger partial charge in [-0.25, -0.2) is 0 Å². The summed E-state index contributed by atoms with van der Waals surface area (Å²) in [5.74, 6) is 0. The number of fused-ring (bicyclic) bond motifs is 3. The first-order valence-corrected chi connectivity index (χ1v) is 22.4. The fourth-order valence-corrected chi connectivity index (χ4v) is 8.94. The number of benzene rings is 9. The zero-order valence-corrected chi connectivity index (χ0v) is 40.3. The van der Waals surface area contributed by atoms with Gasteiger partial charge in [0.1, 0.15) is 0 Å². The third kappa shape index (κ3) is 9.57. The second kappa shape index (κ2) is 20.3. The van der Waals surface area contributed by atoms with Crippen LogP contribution in [0.1, 0.15) is 0 Å². The van der Waals surface area contributed by atoms with Gasteiger partial charge in [0.2, 0.25) is 0 Å². The molecule has 0 bridgehead atoms. The van der Waals surface area contributed by atoms with E-state index in [1.807, 2.05) is 18.2 Å². The summed E-state index contributed by atoms with van der Waals surface area (Å²) in [6.45, 7) is 2.58. The summed E-state index contributed by atoms with van der Waals surface area (Å²) < 4.78 is 0. The average Bonchev–Trinajstić information content (AvgIpc) is 4.05. The van der Waals surface area contributed by atoms with E-state index in [1.54, 1.807) is 0 Å². The van der Waals surface area contributed by atoms with E-state index in [1.165, 1.54) is 67.5 Å². The van der Waals surface area contributed by atoms with Crippen molar-refractivity contribution in [3.8, 4) is 33.4 Å². The Kier molecular flexibility index (Phi) is 13.5. The smallest absolute Gasteiger partial charge is 0.355 e. The van der Waals surface area contributed by atoms with Crippen molar-refractivity contribution in [1.29, 1.82) is 0 Å². The Morgan fingerprint density at radius 2 is 0.507 bits per heavy atom. The number of hydrogen-bond donors (Lipinski definition) is 0. The number of hydrogen-bond acceptors (Lipinski definition) is 6. The Balaban J connectivity index is 0.000000125. The second-order valence-corrected chi connectivity index (χ2v) is 16.8. The van der Waals surface area contributed by atoms with Gasteiger partial charge in [0.05, 0.1) is 54.1 Å². The normalized spacial score (nSPS) is 13.1. The van der Waals surface area contributed by atoms with Gasteiger partial charge >= 0.3 is 20.1 Å². The van der Waals surface area contributed by atoms with Crippen LogP contribution in [0.5, 0.6) is 0 Å². The minimum atomic E-state index is 0. The van der Waals surface area contributed by atoms with Gasteiger partial charge in [-0.2, -0.15) is 54.6 Å². The van der Waals surface area contributed by atoms with Crippen LogP contribution in [-0.4, -0.2) is 41.1 Å². The Morgan fingerprint density at radius 1 is 0.269 bits per heavy atom. The molecule has 9 aromatic rings. The van der Waals surface area contributed by atoms with E-state index in [9.17, 15) is 0 Å². The van der Waals surface area contributed by atoms with Gasteiger partial charge in [-0.05, 0) is 36.4 Å². The molecule has 9 aromatic carbocycles. The van der Waals surface area contributed by atoms with Crippen LogP contribution in [0, 0.1) is 18.2 Å². The molecule has 12 rings (SSSR count). The molecule has 0 amide bonds. The predicted molar refractivity (Wildman–Crippen MR) is 278 cm³/mol. The molecule has 0 aromatic heterocycles. The Bertz CT molecular complexity index is 2670. The van der Waals surface area contributed by atoms with E-state index in [2.05, 4.69) is 269 Å². The van der Waals surface area contributed by atoms with Gasteiger partial charge in [0.15, 0.2) is 0 Å². The third-order valence-corrected chi connectivity index (χ3v) is 12.4. The molecule has 0 saturated heterocycles. The summed E-state index contributed by atoms with van der Waals surface area (Å²) in [5.41, 5.74) is 18.1. The molecule has 3 heterocycles. The summed E-state index contributed by atoms with van der Waals surface area (Å²) in [5, 5.41) is 0. The molecule has 0 unspecified atom stereocenters. The van der Waals surface area contributed by atoms with E-state index < -0.39 is 0 Å². The molecular weight excluding hydrogens is 997 g/mol. The molecule has 0 spiro atoms. The maximum absolute atomic E-state index is 3.44. The van der Waals surface area contributed by atoms with Crippen LogP contribution < -0.4 is 29.4 Å². The van der Waals surface area contributed by atoms with E-state index >= 15 is 0 Å². The van der Waals surface area contributed by atoms with E-state index in [-0.39, 0.29) is 20.1 Å². The number of nitrogens with zero attached hydrogens (tertiary/aromatic N) is 6. The van der Waals surface area contributed by atoms with Crippen LogP contribution >= 0.6 is 0 Å². The first-order valence-electron chi connectivity index (χ1n) is 22.4. The molecule has 0 fully saturated rings. The molecular formula is C60H51IrN6. The summed E-state index contributed by atoms with van der Waals surface area (Å²) in [7, 11) is 6.37. The van der Waals surface area contributed by atoms with E-state index in [0.29, 0.717) is 0 Å². The fraction of sp³-hybridized carbons (Fsp3) is 0.100. The van der Waals surface area contributed by atoms with Crippen LogP contribution in [0.25, 0.3) is 33.4 Å². The molecule has 67 heavy (non-hydrogen) atoms. The molecule has 0 radical (unpaired) electrons. The Morgan fingerprint density at radius 3 is 0.746 bits per heavy atom. The van der Waals surface area contributed by atoms with Gasteiger partial charge in [-0.3, -0.25) is 0 Å². The Hall–Kier alpha value is -7.57. The summed E-state index contributed by atoms with van der Waals surface area (Å²) in [6.07, 6.45) is 0. The summed E-state index contributed by atoms with van der Waals surface area (Å²) in [6, 6.07) is 86.3. The van der Waals surface area contributed by atoms with Crippen LogP contribution in [-0.2, 0) is 20.1 Å². The van der Waals surface area contributed by atoms with Crippen molar-refractivity contribution in [3.05, 3.63) is 237 Å². The molecule has 0 atom stereocenters. The standard InChI is InChI=1S/3C20H17N2.Ir/c3*1-21-15-22(20-10-6-5-9-19(20)21)18-13-11-17(12-14-18)16-7-3-2-4-8-16;/h3*2-13H,15H2,1H3;/q3*-1;+3. The SMILES string of the molecule is CN1CN(c2[c-]cc(-c3ccccc3)cc2)c2ccccc21.CN1CN(c2[c-]cc(-c3ccccc3)cc2)c2ccccc21.CN1CN(c2[c-]cc(-c3ccccc3)cc2)c2ccccc21.[Ir+3]. The molecule has 330 valence electrons. The molecule has 6 nitrogen and oxygen atoms in total. The van der Waals surface area contributed by atoms with Crippen LogP contribution in [0.2, 0.25) is 0 Å². The van der Waals surface area contributed by atoms with Gasteiger partial charge in [0.25, 0.3) is 0 Å². The largest absolute Gasteiger partial charge is 3.00 e. The first-order chi connectivity index (χ1) is 32.5. The number of rotatable bonds is 6. The summed E-state index contributed by atoms with van der Waals surface area (Å²) in [4.78, 5) is 13.7. The van der Waals surface area contributed by atoms with Gasteiger partial charge in [-0.1, -0.05) is 161 Å². The quantitative estimate of drug-likeness (QED) is 0.154. The van der Waals surface area contributed by atoms with Gasteiger partial charge < -0.3 is 29.4 Å². The minimum Gasteiger partial charge on any atom is -0.355 e. The number of para-hydroxylation sites is 6. The minimum absolute atomic E-state index is 0. The Labute approximate surface area is 409 Å². The van der Waals surface area contributed by atoms with Gasteiger partial charge in [-0.15, -0.1) is 34.9 Å². The van der Waals surface area contributed by atoms with Crippen molar-refractivity contribution in [2.24, 2.45) is 0 Å². The monoisotopic (exact) mass is 1050 g/mol. The average molecular weight is 1050 g/mol. The molecule has 0 N–H and O–H groups in total. The second-order valence-electron chi connectivity index (χ2n) is 16.8. The van der Waals surface area contributed by atoms with E-state index in [0.717, 1.165) is 37.1 Å². The summed E-state index contributed by atoms with van der Waals surface area (Å²) >= 11 is 0. The van der Waals surface area contributed by atoms with Crippen molar-refractivity contribution < 1.29 is 20.1 Å². The predicted octanol–water partition coefficient (Wildman–Crippen LogP) is 14.1. The van der Waals surface area contributed by atoms with Crippen LogP contribution in [0.4, 0.5) is 51.2 Å². The molecule has 0 saturated carbocycles. The van der Waals surface area contributed by atoms with Crippen molar-refractivity contribution in [2.75, 3.05) is 70.5 Å². The molecule has 7 heteroatoms. The maximum Gasteiger partial charge on any atom is 3.00 e. The molecule has 3 aliphatic heterocycles. The van der Waals surface area contributed by atoms with Crippen LogP contribution in [0.15, 0.2) is 218 Å². The first kappa shape index (κ1) is 44.6. The third-order valence-electron chi connectivity index (χ3n) is 12.4. The van der Waals surface area contributed by atoms with Crippen LogP contribution in [0.3, 0.4) is 0 Å². The zero-order chi connectivity index (χ0) is 44.8. The topological polar surface area (TPSA) is 19.4 Å². The molecule has 3 aliphatic rings. The van der Waals surface area contributed by atoms with Crippen molar-refractivity contribution in [3.63, 3.8) is 0 Å². The van der Waals surface area contributed by atoms with E-state index in [4.69, 9.17) is 0 Å². The van der Waals surface area contributed by atoms with Crippen molar-refractivity contribution >= 4 is 51.2 Å². The zero-order valence-electron chi connectivity index (χ0n) is 37.9. The maximum atomic E-state index is 3.44. The fourth-order valence-electron chi connectivity index (χ4n) is 8.94. The van der Waals surface area contributed by atoms with Gasteiger partial charge in [0, 0.05) is 21.1 Å².